The van der Waals surface area contributed by atoms with E-state index in [-0.39, 0.29) is 20.0 Å². The molecule has 0 spiro atoms. The molecular weight excluding hydrogens is 196 g/mol. The number of hydrogen-bond donors (Lipinski definition) is 4. The number of ether oxygens (including phenoxy) is 1. The Morgan fingerprint density at radius 1 is 1.07 bits per heavy atom. The van der Waals surface area contributed by atoms with Gasteiger partial charge in [-0.1, -0.05) is 0 Å². The molecule has 0 unspecified atom stereocenters. The van der Waals surface area contributed by atoms with Crippen LogP contribution in [-0.2, 0) is 14.3 Å². The van der Waals surface area contributed by atoms with Gasteiger partial charge in [-0.05, 0) is 0 Å². The fraction of sp³-hybridized carbons (Fsp3) is 0.714. The predicted octanol–water partition coefficient (Wildman–Crippen LogP) is -0.873. The maximum atomic E-state index is 9.00. The molecule has 0 bridgehead atoms. The molecule has 14 heavy (non-hydrogen) atoms. The van der Waals surface area contributed by atoms with Crippen molar-refractivity contribution in [3.8, 4) is 0 Å². The van der Waals surface area contributed by atoms with Gasteiger partial charge in [0.1, 0.15) is 6.79 Å². The quantitative estimate of drug-likeness (QED) is 0.354. The number of carboxylic acids is 2. The summed E-state index contributed by atoms with van der Waals surface area (Å²) in [6.45, 7) is 2.05. The maximum absolute atomic E-state index is 9.00. The SMILES string of the molecule is CC(=O)O.CC(=O)O.OCCOCO. The van der Waals surface area contributed by atoms with Crippen LogP contribution in [0.5, 0.6) is 0 Å². The topological polar surface area (TPSA) is 124 Å². The monoisotopic (exact) mass is 212 g/mol. The number of carboxylic acid groups (broad SMARTS) is 2. The third-order valence-electron chi connectivity index (χ3n) is 0.327. The molecule has 0 amide bonds. The maximum Gasteiger partial charge on any atom is 0.300 e. The zero-order valence-corrected chi connectivity index (χ0v) is 8.13. The number of aliphatic hydroxyl groups is 2. The van der Waals surface area contributed by atoms with Crippen LogP contribution in [0.25, 0.3) is 0 Å². The Hall–Kier alpha value is -1.18. The number of aliphatic hydroxyl groups excluding tert-OH is 2. The highest BCUT2D eigenvalue weighted by atomic mass is 16.6. The molecule has 0 saturated heterocycles. The van der Waals surface area contributed by atoms with E-state index in [9.17, 15) is 0 Å². The molecule has 86 valence electrons. The van der Waals surface area contributed by atoms with Crippen molar-refractivity contribution in [3.05, 3.63) is 0 Å². The first kappa shape index (κ1) is 18.6. The van der Waals surface area contributed by atoms with Gasteiger partial charge in [0.25, 0.3) is 11.9 Å². The normalized spacial score (nSPS) is 7.43. The molecule has 7 heteroatoms. The van der Waals surface area contributed by atoms with E-state index < -0.39 is 11.9 Å². The lowest BCUT2D eigenvalue weighted by atomic mass is 10.8. The Balaban J connectivity index is -0.000000135. The molecule has 0 aromatic rings. The zero-order valence-electron chi connectivity index (χ0n) is 8.13. The molecule has 0 aromatic carbocycles. The Morgan fingerprint density at radius 3 is 1.43 bits per heavy atom. The molecule has 0 aliphatic heterocycles. The van der Waals surface area contributed by atoms with E-state index in [4.69, 9.17) is 30.0 Å². The third kappa shape index (κ3) is 315. The summed E-state index contributed by atoms with van der Waals surface area (Å²) in [6, 6.07) is 0. The van der Waals surface area contributed by atoms with E-state index >= 15 is 0 Å². The van der Waals surface area contributed by atoms with Crippen molar-refractivity contribution >= 4 is 11.9 Å². The molecular formula is C7H16O7. The Kier molecular flexibility index (Phi) is 23.6. The van der Waals surface area contributed by atoms with Crippen molar-refractivity contribution in [3.63, 3.8) is 0 Å². The van der Waals surface area contributed by atoms with Crippen LogP contribution in [0.1, 0.15) is 13.8 Å². The van der Waals surface area contributed by atoms with Gasteiger partial charge in [0.15, 0.2) is 0 Å². The second-order valence-electron chi connectivity index (χ2n) is 1.80. The number of rotatable bonds is 3. The second-order valence-corrected chi connectivity index (χ2v) is 1.80. The van der Waals surface area contributed by atoms with E-state index in [0.717, 1.165) is 13.8 Å². The molecule has 0 saturated carbocycles. The minimum atomic E-state index is -0.833. The Bertz CT molecular complexity index is 110. The summed E-state index contributed by atoms with van der Waals surface area (Å²) in [5.74, 6) is -1.67. The van der Waals surface area contributed by atoms with Crippen LogP contribution in [0.3, 0.4) is 0 Å². The van der Waals surface area contributed by atoms with Crippen molar-refractivity contribution < 1.29 is 34.8 Å². The van der Waals surface area contributed by atoms with Gasteiger partial charge in [-0.2, -0.15) is 0 Å². The first-order chi connectivity index (χ1) is 6.38. The average Bonchev–Trinajstić information content (AvgIpc) is 1.98. The van der Waals surface area contributed by atoms with Gasteiger partial charge in [0.05, 0.1) is 13.2 Å². The average molecular weight is 212 g/mol. The van der Waals surface area contributed by atoms with Crippen molar-refractivity contribution in [2.75, 3.05) is 20.0 Å². The molecule has 0 aliphatic carbocycles. The van der Waals surface area contributed by atoms with Gasteiger partial charge in [-0.25, -0.2) is 0 Å². The van der Waals surface area contributed by atoms with Crippen molar-refractivity contribution in [1.29, 1.82) is 0 Å². The van der Waals surface area contributed by atoms with Crippen LogP contribution < -0.4 is 0 Å². The summed E-state index contributed by atoms with van der Waals surface area (Å²) < 4.78 is 4.29. The first-order valence-corrected chi connectivity index (χ1v) is 3.57. The van der Waals surface area contributed by atoms with Crippen LogP contribution in [0.4, 0.5) is 0 Å². The number of hydrogen-bond acceptors (Lipinski definition) is 5. The summed E-state index contributed by atoms with van der Waals surface area (Å²) in [7, 11) is 0. The molecule has 0 radical (unpaired) electrons. The van der Waals surface area contributed by atoms with Crippen LogP contribution in [0.2, 0.25) is 0 Å². The summed E-state index contributed by atoms with van der Waals surface area (Å²) in [5, 5.41) is 30.7. The highest BCUT2D eigenvalue weighted by Crippen LogP contribution is 1.63. The van der Waals surface area contributed by atoms with Gasteiger partial charge >= 0.3 is 0 Å². The number of carbonyl (C=O) groups is 2. The molecule has 0 heterocycles. The lowest BCUT2D eigenvalue weighted by molar-refractivity contribution is -0.135. The van der Waals surface area contributed by atoms with E-state index in [1.165, 1.54) is 0 Å². The van der Waals surface area contributed by atoms with Crippen molar-refractivity contribution in [2.45, 2.75) is 13.8 Å². The Labute approximate surface area is 81.6 Å². The van der Waals surface area contributed by atoms with Crippen LogP contribution in [0.15, 0.2) is 0 Å². The molecule has 0 atom stereocenters. The van der Waals surface area contributed by atoms with Crippen molar-refractivity contribution in [2.24, 2.45) is 0 Å². The van der Waals surface area contributed by atoms with Gasteiger partial charge in [0, 0.05) is 13.8 Å². The summed E-state index contributed by atoms with van der Waals surface area (Å²) in [4.78, 5) is 18.0. The van der Waals surface area contributed by atoms with Gasteiger partial charge in [-0.15, -0.1) is 0 Å². The lowest BCUT2D eigenvalue weighted by Gasteiger charge is -1.90. The summed E-state index contributed by atoms with van der Waals surface area (Å²) in [6.07, 6.45) is 0. The summed E-state index contributed by atoms with van der Waals surface area (Å²) >= 11 is 0. The molecule has 4 N–H and O–H groups in total. The molecule has 0 aromatic heterocycles. The minimum absolute atomic E-state index is 0.0272. The van der Waals surface area contributed by atoms with Crippen LogP contribution in [0, 0.1) is 0 Å². The van der Waals surface area contributed by atoms with E-state index in [1.807, 2.05) is 0 Å². The van der Waals surface area contributed by atoms with E-state index in [2.05, 4.69) is 4.74 Å². The fourth-order valence-electron chi connectivity index (χ4n) is 0.129. The van der Waals surface area contributed by atoms with Gasteiger partial charge in [0.2, 0.25) is 0 Å². The fourth-order valence-corrected chi connectivity index (χ4v) is 0.129. The predicted molar refractivity (Wildman–Crippen MR) is 46.7 cm³/mol. The Morgan fingerprint density at radius 2 is 1.36 bits per heavy atom. The smallest absolute Gasteiger partial charge is 0.300 e. The highest BCUT2D eigenvalue weighted by Gasteiger charge is 1.74. The van der Waals surface area contributed by atoms with Gasteiger partial charge < -0.3 is 25.2 Å². The van der Waals surface area contributed by atoms with Gasteiger partial charge in [-0.3, -0.25) is 9.59 Å². The molecule has 7 nitrogen and oxygen atoms in total. The molecule has 0 aliphatic rings. The largest absolute Gasteiger partial charge is 0.481 e. The van der Waals surface area contributed by atoms with E-state index in [0.29, 0.717) is 0 Å². The zero-order chi connectivity index (χ0) is 12.0. The van der Waals surface area contributed by atoms with E-state index in [1.54, 1.807) is 0 Å². The second kappa shape index (κ2) is 17.8. The molecule has 0 fully saturated rings. The first-order valence-electron chi connectivity index (χ1n) is 3.57. The van der Waals surface area contributed by atoms with Crippen molar-refractivity contribution in [1.82, 2.24) is 0 Å². The van der Waals surface area contributed by atoms with Crippen LogP contribution >= 0.6 is 0 Å². The van der Waals surface area contributed by atoms with Crippen LogP contribution in [-0.4, -0.2) is 52.4 Å². The summed E-state index contributed by atoms with van der Waals surface area (Å²) in [5.41, 5.74) is 0. The minimum Gasteiger partial charge on any atom is -0.481 e. The standard InChI is InChI=1S/C3H8O3.2C2H4O2/c4-1-2-6-3-5;2*1-2(3)4/h4-5H,1-3H2;2*1H3,(H,3,4). The number of aliphatic carboxylic acids is 2. The molecule has 0 rings (SSSR count). The third-order valence-corrected chi connectivity index (χ3v) is 0.327. The lowest BCUT2D eigenvalue weighted by Crippen LogP contribution is -1.98. The highest BCUT2D eigenvalue weighted by molar-refractivity contribution is 5.63.